The smallest absolute Gasteiger partial charge is 0.280 e. The number of hydrazone groups is 1. The molecular formula is C19H17ClN6O2. The molecule has 3 aromatic rings. The molecule has 0 radical (unpaired) electrons. The Kier molecular flexibility index (Phi) is 5.81. The maximum absolute atomic E-state index is 12.5. The summed E-state index contributed by atoms with van der Waals surface area (Å²) < 4.78 is 2.22. The van der Waals surface area contributed by atoms with Crippen molar-refractivity contribution in [2.75, 3.05) is 5.43 Å². The second kappa shape index (κ2) is 8.45. The highest BCUT2D eigenvalue weighted by atomic mass is 35.5. The number of hydrogen-bond donors (Lipinski definition) is 1. The topological polar surface area (TPSA) is 93.1 Å². The van der Waals surface area contributed by atoms with E-state index in [4.69, 9.17) is 11.6 Å². The highest BCUT2D eigenvalue weighted by Crippen LogP contribution is 2.21. The molecule has 0 fully saturated rings. The second-order valence-corrected chi connectivity index (χ2v) is 6.30. The van der Waals surface area contributed by atoms with Crippen LogP contribution in [0.15, 0.2) is 79.5 Å². The highest BCUT2D eigenvalue weighted by molar-refractivity contribution is 6.30. The monoisotopic (exact) mass is 396 g/mol. The van der Waals surface area contributed by atoms with Crippen molar-refractivity contribution in [3.8, 4) is 0 Å². The molecule has 0 aliphatic heterocycles. The van der Waals surface area contributed by atoms with Crippen LogP contribution in [0, 0.1) is 0 Å². The Morgan fingerprint density at radius 2 is 1.61 bits per heavy atom. The summed E-state index contributed by atoms with van der Waals surface area (Å²) in [4.78, 5) is 24.8. The van der Waals surface area contributed by atoms with E-state index < -0.39 is 11.2 Å². The van der Waals surface area contributed by atoms with Crippen molar-refractivity contribution in [3.63, 3.8) is 0 Å². The summed E-state index contributed by atoms with van der Waals surface area (Å²) >= 11 is 5.86. The lowest BCUT2D eigenvalue weighted by molar-refractivity contribution is 0.690. The van der Waals surface area contributed by atoms with E-state index in [1.165, 1.54) is 24.9 Å². The lowest BCUT2D eigenvalue weighted by Crippen LogP contribution is -2.37. The number of aromatic nitrogens is 2. The van der Waals surface area contributed by atoms with Crippen LogP contribution in [0.5, 0.6) is 0 Å². The van der Waals surface area contributed by atoms with Crippen LogP contribution in [0.25, 0.3) is 0 Å². The molecule has 0 aliphatic carbocycles. The number of nitrogens with zero attached hydrogens (tertiary/aromatic N) is 5. The number of anilines is 1. The third kappa shape index (κ3) is 4.24. The number of hydrogen-bond acceptors (Lipinski definition) is 6. The van der Waals surface area contributed by atoms with E-state index in [0.29, 0.717) is 10.7 Å². The standard InChI is InChI=1S/C19H17ClN6O2/c1-25-17(24-21-12-13-8-10-14(20)11-9-13)16(18(27)26(2)19(25)28)23-22-15-6-4-3-5-7-15/h3-12,24H,1-2H3/b21-12-,23-22?. The molecule has 0 spiro atoms. The van der Waals surface area contributed by atoms with Gasteiger partial charge in [0.2, 0.25) is 0 Å². The van der Waals surface area contributed by atoms with Crippen LogP contribution in [0.2, 0.25) is 5.02 Å². The van der Waals surface area contributed by atoms with Gasteiger partial charge >= 0.3 is 5.69 Å². The van der Waals surface area contributed by atoms with Gasteiger partial charge in [0.1, 0.15) is 0 Å². The quantitative estimate of drug-likeness (QED) is 0.405. The molecule has 0 amide bonds. The third-order valence-corrected chi connectivity index (χ3v) is 4.17. The highest BCUT2D eigenvalue weighted by Gasteiger charge is 2.15. The summed E-state index contributed by atoms with van der Waals surface area (Å²) in [7, 11) is 2.90. The Morgan fingerprint density at radius 3 is 2.29 bits per heavy atom. The van der Waals surface area contributed by atoms with Crippen molar-refractivity contribution in [2.45, 2.75) is 0 Å². The van der Waals surface area contributed by atoms with Gasteiger partial charge in [-0.2, -0.15) is 10.2 Å². The summed E-state index contributed by atoms with van der Waals surface area (Å²) in [5, 5.41) is 12.8. The van der Waals surface area contributed by atoms with Gasteiger partial charge < -0.3 is 0 Å². The Morgan fingerprint density at radius 1 is 0.929 bits per heavy atom. The van der Waals surface area contributed by atoms with E-state index in [9.17, 15) is 9.59 Å². The van der Waals surface area contributed by atoms with Gasteiger partial charge in [-0.15, -0.1) is 5.11 Å². The maximum Gasteiger partial charge on any atom is 0.332 e. The molecule has 0 aliphatic rings. The van der Waals surface area contributed by atoms with E-state index in [-0.39, 0.29) is 11.5 Å². The van der Waals surface area contributed by atoms with E-state index in [1.807, 2.05) is 18.2 Å². The fraction of sp³-hybridized carbons (Fsp3) is 0.105. The van der Waals surface area contributed by atoms with Crippen LogP contribution in [-0.4, -0.2) is 15.3 Å². The molecule has 8 nitrogen and oxygen atoms in total. The lowest BCUT2D eigenvalue weighted by Gasteiger charge is -2.11. The van der Waals surface area contributed by atoms with E-state index in [0.717, 1.165) is 10.1 Å². The van der Waals surface area contributed by atoms with E-state index in [2.05, 4.69) is 20.8 Å². The van der Waals surface area contributed by atoms with Crippen molar-refractivity contribution in [3.05, 3.63) is 86.0 Å². The molecule has 1 aromatic heterocycles. The lowest BCUT2D eigenvalue weighted by atomic mass is 10.2. The first-order chi connectivity index (χ1) is 13.5. The van der Waals surface area contributed by atoms with Crippen molar-refractivity contribution in [2.24, 2.45) is 29.4 Å². The van der Waals surface area contributed by atoms with Crippen molar-refractivity contribution < 1.29 is 0 Å². The van der Waals surface area contributed by atoms with Crippen LogP contribution < -0.4 is 16.7 Å². The number of rotatable bonds is 5. The first-order valence-corrected chi connectivity index (χ1v) is 8.66. The Balaban J connectivity index is 1.99. The van der Waals surface area contributed by atoms with Crippen molar-refractivity contribution >= 4 is 35.0 Å². The summed E-state index contributed by atoms with van der Waals surface area (Å²) in [6, 6.07) is 16.0. The predicted molar refractivity (Wildman–Crippen MR) is 110 cm³/mol. The number of nitrogens with one attached hydrogen (secondary N) is 1. The molecule has 0 saturated carbocycles. The number of benzene rings is 2. The predicted octanol–water partition coefficient (Wildman–Crippen LogP) is 3.60. The minimum absolute atomic E-state index is 0.0262. The van der Waals surface area contributed by atoms with Crippen LogP contribution >= 0.6 is 11.6 Å². The van der Waals surface area contributed by atoms with Gasteiger partial charge in [-0.3, -0.25) is 19.4 Å². The maximum atomic E-state index is 12.5. The molecular weight excluding hydrogens is 380 g/mol. The molecule has 142 valence electrons. The zero-order chi connectivity index (χ0) is 20.1. The van der Waals surface area contributed by atoms with Gasteiger partial charge in [0.25, 0.3) is 5.56 Å². The molecule has 0 atom stereocenters. The minimum Gasteiger partial charge on any atom is -0.280 e. The number of halogens is 1. The summed E-state index contributed by atoms with van der Waals surface area (Å²) in [5.74, 6) is 0.137. The van der Waals surface area contributed by atoms with Crippen LogP contribution in [0.4, 0.5) is 17.2 Å². The summed E-state index contributed by atoms with van der Waals surface area (Å²) in [5.41, 5.74) is 2.98. The molecule has 1 heterocycles. The zero-order valence-corrected chi connectivity index (χ0v) is 16.0. The first-order valence-electron chi connectivity index (χ1n) is 8.29. The number of azo groups is 1. The van der Waals surface area contributed by atoms with Gasteiger partial charge in [-0.25, -0.2) is 4.79 Å². The first kappa shape index (κ1) is 19.2. The molecule has 0 saturated heterocycles. The molecule has 0 unspecified atom stereocenters. The molecule has 3 rings (SSSR count). The molecule has 28 heavy (non-hydrogen) atoms. The fourth-order valence-electron chi connectivity index (χ4n) is 2.36. The average Bonchev–Trinajstić information content (AvgIpc) is 2.72. The Labute approximate surface area is 165 Å². The largest absolute Gasteiger partial charge is 0.332 e. The zero-order valence-electron chi connectivity index (χ0n) is 15.2. The molecule has 1 N–H and O–H groups in total. The van der Waals surface area contributed by atoms with E-state index >= 15 is 0 Å². The van der Waals surface area contributed by atoms with E-state index in [1.54, 1.807) is 36.4 Å². The second-order valence-electron chi connectivity index (χ2n) is 5.86. The fourth-order valence-corrected chi connectivity index (χ4v) is 2.49. The Hall–Kier alpha value is -3.52. The Bertz CT molecular complexity index is 1150. The molecule has 0 bridgehead atoms. The van der Waals surface area contributed by atoms with Gasteiger partial charge in [-0.1, -0.05) is 41.9 Å². The van der Waals surface area contributed by atoms with Crippen LogP contribution in [0.1, 0.15) is 5.56 Å². The molecule has 2 aromatic carbocycles. The normalized spacial score (nSPS) is 11.4. The van der Waals surface area contributed by atoms with Crippen LogP contribution in [0.3, 0.4) is 0 Å². The van der Waals surface area contributed by atoms with Crippen LogP contribution in [-0.2, 0) is 14.1 Å². The minimum atomic E-state index is -0.577. The average molecular weight is 397 g/mol. The van der Waals surface area contributed by atoms with Crippen molar-refractivity contribution in [1.82, 2.24) is 9.13 Å². The molecule has 9 heteroatoms. The summed E-state index contributed by atoms with van der Waals surface area (Å²) in [6.45, 7) is 0. The van der Waals surface area contributed by atoms with Gasteiger partial charge in [0, 0.05) is 19.1 Å². The third-order valence-electron chi connectivity index (χ3n) is 3.92. The SMILES string of the molecule is Cn1c(N/N=C\c2ccc(Cl)cc2)c(N=Nc2ccccc2)c(=O)n(C)c1=O. The van der Waals surface area contributed by atoms with Gasteiger partial charge in [-0.05, 0) is 29.8 Å². The summed E-state index contributed by atoms with van der Waals surface area (Å²) in [6.07, 6.45) is 1.54. The van der Waals surface area contributed by atoms with Gasteiger partial charge in [0.05, 0.1) is 11.9 Å². The van der Waals surface area contributed by atoms with Gasteiger partial charge in [0.15, 0.2) is 11.5 Å². The van der Waals surface area contributed by atoms with Crippen molar-refractivity contribution in [1.29, 1.82) is 0 Å².